The fourth-order valence-corrected chi connectivity index (χ4v) is 8.95. The molecule has 4 N–H and O–H groups in total. The summed E-state index contributed by atoms with van der Waals surface area (Å²) in [6.45, 7) is 3.67. The lowest BCUT2D eigenvalue weighted by Crippen LogP contribution is -2.58. The van der Waals surface area contributed by atoms with Crippen LogP contribution in [0.1, 0.15) is 89.7 Å². The number of carboxylic acid groups (broad SMARTS) is 1. The summed E-state index contributed by atoms with van der Waals surface area (Å²) in [5.41, 5.74) is -0.714. The number of fused-ring (bicyclic) bond motifs is 5. The number of carbonyl (C=O) groups is 5. The Labute approximate surface area is 257 Å². The molecule has 238 valence electrons. The van der Waals surface area contributed by atoms with Gasteiger partial charge in [0.05, 0.1) is 6.42 Å². The van der Waals surface area contributed by atoms with Crippen molar-refractivity contribution < 1.29 is 44.0 Å². The summed E-state index contributed by atoms with van der Waals surface area (Å²) in [5, 5.41) is 34.0. The average Bonchev–Trinajstić information content (AvgIpc) is 3.29. The number of aliphatic hydroxyl groups is 2. The molecule has 0 spiro atoms. The second kappa shape index (κ2) is 12.2. The van der Waals surface area contributed by atoms with Crippen molar-refractivity contribution >= 4 is 29.4 Å². The van der Waals surface area contributed by atoms with Crippen molar-refractivity contribution in [3.05, 3.63) is 47.5 Å². The van der Waals surface area contributed by atoms with Crippen LogP contribution < -0.4 is 5.32 Å². The molecule has 4 aliphatic rings. The number of rotatable bonds is 10. The van der Waals surface area contributed by atoms with Gasteiger partial charge in [-0.05, 0) is 79.8 Å². The maximum Gasteiger partial charge on any atom is 0.329 e. The van der Waals surface area contributed by atoms with E-state index in [1.54, 1.807) is 18.2 Å². The molecule has 1 amide bonds. The predicted molar refractivity (Wildman–Crippen MR) is 158 cm³/mol. The summed E-state index contributed by atoms with van der Waals surface area (Å²) >= 11 is 0. The van der Waals surface area contributed by atoms with E-state index in [1.807, 2.05) is 13.0 Å². The SMILES string of the molecule is C[C@]12CCC(=O)C=C1CC[C@@H]1[C@@H]2CC[C@@]2(C)[C@H]1CC[C@]2(O)C(=O)COC(=O)CCC(=O)N[C@H](C(=O)O)[C@@H](O)c1ccccc1. The highest BCUT2D eigenvalue weighted by molar-refractivity contribution is 5.92. The molecule has 10 heteroatoms. The van der Waals surface area contributed by atoms with Crippen molar-refractivity contribution in [3.63, 3.8) is 0 Å². The van der Waals surface area contributed by atoms with Gasteiger partial charge < -0.3 is 25.4 Å². The predicted octanol–water partition coefficient (Wildman–Crippen LogP) is 3.44. The first-order valence-corrected chi connectivity index (χ1v) is 15.7. The van der Waals surface area contributed by atoms with Gasteiger partial charge in [-0.2, -0.15) is 0 Å². The number of allylic oxidation sites excluding steroid dienone is 1. The Kier molecular flexibility index (Phi) is 8.88. The fourth-order valence-electron chi connectivity index (χ4n) is 8.95. The first-order valence-electron chi connectivity index (χ1n) is 15.7. The molecule has 0 unspecified atom stereocenters. The molecule has 0 aliphatic heterocycles. The Balaban J connectivity index is 1.14. The van der Waals surface area contributed by atoms with Crippen molar-refractivity contribution in [1.29, 1.82) is 0 Å². The first kappa shape index (κ1) is 32.0. The van der Waals surface area contributed by atoms with Gasteiger partial charge in [-0.3, -0.25) is 19.2 Å². The normalized spacial score (nSPS) is 34.0. The zero-order valence-corrected chi connectivity index (χ0v) is 25.4. The minimum absolute atomic E-state index is 0.0190. The second-order valence-electron chi connectivity index (χ2n) is 13.6. The van der Waals surface area contributed by atoms with E-state index in [0.29, 0.717) is 43.1 Å². The minimum Gasteiger partial charge on any atom is -0.480 e. The second-order valence-corrected chi connectivity index (χ2v) is 13.6. The average molecular weight is 610 g/mol. The van der Waals surface area contributed by atoms with Gasteiger partial charge in [-0.15, -0.1) is 0 Å². The van der Waals surface area contributed by atoms with Gasteiger partial charge in [0.25, 0.3) is 0 Å². The highest BCUT2D eigenvalue weighted by Crippen LogP contribution is 2.67. The summed E-state index contributed by atoms with van der Waals surface area (Å²) in [6.07, 6.45) is 5.34. The van der Waals surface area contributed by atoms with Crippen LogP contribution in [0.25, 0.3) is 0 Å². The largest absolute Gasteiger partial charge is 0.480 e. The number of amides is 1. The van der Waals surface area contributed by atoms with E-state index in [1.165, 1.54) is 17.7 Å². The third-order valence-electron chi connectivity index (χ3n) is 11.5. The van der Waals surface area contributed by atoms with Crippen molar-refractivity contribution in [2.24, 2.45) is 28.6 Å². The molecule has 3 fully saturated rings. The van der Waals surface area contributed by atoms with Gasteiger partial charge in [0, 0.05) is 18.3 Å². The van der Waals surface area contributed by atoms with E-state index in [0.717, 1.165) is 25.7 Å². The van der Waals surface area contributed by atoms with Crippen LogP contribution in [0.2, 0.25) is 0 Å². The minimum atomic E-state index is -1.62. The molecule has 10 nitrogen and oxygen atoms in total. The van der Waals surface area contributed by atoms with Crippen LogP contribution in [0.3, 0.4) is 0 Å². The molecular weight excluding hydrogens is 566 g/mol. The Hall–Kier alpha value is -3.37. The van der Waals surface area contributed by atoms with Gasteiger partial charge in [0.2, 0.25) is 11.7 Å². The summed E-state index contributed by atoms with van der Waals surface area (Å²) in [6, 6.07) is 6.44. The summed E-state index contributed by atoms with van der Waals surface area (Å²) in [7, 11) is 0. The van der Waals surface area contributed by atoms with Gasteiger partial charge >= 0.3 is 11.9 Å². The standard InChI is InChI=1S/C34H43NO9/c1-32-15-12-22(36)18-21(32)8-9-23-24(32)13-16-33(2)25(23)14-17-34(33,43)26(37)19-44-28(39)11-10-27(38)35-29(31(41)42)30(40)20-6-4-3-5-7-20/h3-7,18,23-25,29-30,40,43H,8-17,19H2,1-2H3,(H,35,38)(H,41,42)/t23-,24+,25+,29+,30+,32+,33+,34+/m1/s1. The van der Waals surface area contributed by atoms with Crippen LogP contribution in [-0.2, 0) is 28.7 Å². The maximum absolute atomic E-state index is 13.4. The summed E-state index contributed by atoms with van der Waals surface area (Å²) in [5.74, 6) is -2.44. The molecule has 0 saturated heterocycles. The van der Waals surface area contributed by atoms with Crippen LogP contribution in [0.15, 0.2) is 42.0 Å². The number of nitrogens with one attached hydrogen (secondary N) is 1. The van der Waals surface area contributed by atoms with Crippen LogP contribution in [0, 0.1) is 28.6 Å². The number of esters is 1. The lowest BCUT2D eigenvalue weighted by Gasteiger charge is -2.58. The van der Waals surface area contributed by atoms with Gasteiger partial charge in [0.1, 0.15) is 11.7 Å². The van der Waals surface area contributed by atoms with Crippen LogP contribution in [0.4, 0.5) is 0 Å². The van der Waals surface area contributed by atoms with Crippen molar-refractivity contribution in [2.45, 2.75) is 95.8 Å². The van der Waals surface area contributed by atoms with Crippen molar-refractivity contribution in [3.8, 4) is 0 Å². The topological polar surface area (TPSA) is 167 Å². The zero-order valence-electron chi connectivity index (χ0n) is 25.4. The van der Waals surface area contributed by atoms with Gasteiger partial charge in [-0.1, -0.05) is 49.8 Å². The third kappa shape index (κ3) is 5.62. The van der Waals surface area contributed by atoms with Gasteiger partial charge in [0.15, 0.2) is 18.4 Å². The number of ketones is 2. The van der Waals surface area contributed by atoms with Crippen LogP contribution in [0.5, 0.6) is 0 Å². The molecule has 0 heterocycles. The number of hydrogen-bond donors (Lipinski definition) is 4. The monoisotopic (exact) mass is 609 g/mol. The van der Waals surface area contributed by atoms with E-state index < -0.39 is 66.2 Å². The van der Waals surface area contributed by atoms with E-state index in [9.17, 15) is 39.3 Å². The molecule has 4 aliphatic carbocycles. The van der Waals surface area contributed by atoms with Crippen LogP contribution >= 0.6 is 0 Å². The molecule has 5 rings (SSSR count). The smallest absolute Gasteiger partial charge is 0.329 e. The number of benzene rings is 1. The van der Waals surface area contributed by atoms with E-state index in [4.69, 9.17) is 4.74 Å². The lowest BCUT2D eigenvalue weighted by molar-refractivity contribution is -0.170. The number of Topliss-reactive ketones (excluding diaryl/α,β-unsaturated/α-hetero) is 1. The van der Waals surface area contributed by atoms with Crippen molar-refractivity contribution in [2.75, 3.05) is 6.61 Å². The summed E-state index contributed by atoms with van der Waals surface area (Å²) in [4.78, 5) is 62.1. The Morgan fingerprint density at radius 2 is 1.68 bits per heavy atom. The molecule has 0 radical (unpaired) electrons. The zero-order chi connectivity index (χ0) is 31.9. The molecule has 3 saturated carbocycles. The fraction of sp³-hybridized carbons (Fsp3) is 0.618. The highest BCUT2D eigenvalue weighted by atomic mass is 16.5. The molecule has 0 aromatic heterocycles. The molecule has 8 atom stereocenters. The molecule has 0 bridgehead atoms. The Morgan fingerprint density at radius 3 is 2.39 bits per heavy atom. The number of aliphatic carboxylic acids is 1. The lowest BCUT2D eigenvalue weighted by atomic mass is 9.46. The molecule has 1 aromatic carbocycles. The molecule has 44 heavy (non-hydrogen) atoms. The number of ether oxygens (including phenoxy) is 1. The van der Waals surface area contributed by atoms with E-state index in [-0.39, 0.29) is 17.1 Å². The number of carbonyl (C=O) groups excluding carboxylic acids is 4. The number of hydrogen-bond acceptors (Lipinski definition) is 8. The quantitative estimate of drug-likeness (QED) is 0.291. The Bertz CT molecular complexity index is 1360. The first-order chi connectivity index (χ1) is 20.8. The number of aliphatic hydroxyl groups excluding tert-OH is 1. The molecule has 1 aromatic rings. The third-order valence-corrected chi connectivity index (χ3v) is 11.5. The summed E-state index contributed by atoms with van der Waals surface area (Å²) < 4.78 is 5.20. The molecular formula is C34H43NO9. The van der Waals surface area contributed by atoms with E-state index >= 15 is 0 Å². The highest BCUT2D eigenvalue weighted by Gasteiger charge is 2.66. The van der Waals surface area contributed by atoms with Crippen molar-refractivity contribution in [1.82, 2.24) is 5.32 Å². The van der Waals surface area contributed by atoms with E-state index in [2.05, 4.69) is 12.2 Å². The Morgan fingerprint density at radius 1 is 0.977 bits per heavy atom. The maximum atomic E-state index is 13.4. The van der Waals surface area contributed by atoms with Gasteiger partial charge in [-0.25, -0.2) is 4.79 Å². The van der Waals surface area contributed by atoms with Crippen LogP contribution in [-0.4, -0.2) is 63.0 Å². The number of carboxylic acids is 1.